The molecule has 0 fully saturated rings. The third kappa shape index (κ3) is 1.52. The van der Waals surface area contributed by atoms with E-state index in [0.29, 0.717) is 6.08 Å². The van der Waals surface area contributed by atoms with Crippen LogP contribution in [0.1, 0.15) is 6.42 Å². The lowest BCUT2D eigenvalue weighted by molar-refractivity contribution is 0.0398. The van der Waals surface area contributed by atoms with Crippen LogP contribution >= 0.6 is 0 Å². The van der Waals surface area contributed by atoms with Gasteiger partial charge in [0.05, 0.1) is 6.42 Å². The van der Waals surface area contributed by atoms with Crippen molar-refractivity contribution in [3.05, 3.63) is 23.7 Å². The van der Waals surface area contributed by atoms with Crippen molar-refractivity contribution in [3.8, 4) is 0 Å². The molecule has 0 aliphatic heterocycles. The molecule has 1 aliphatic carbocycles. The number of aliphatic hydroxyl groups is 1. The number of alkyl halides is 2. The summed E-state index contributed by atoms with van der Waals surface area (Å²) in [5.74, 6) is -4.94. The van der Waals surface area contributed by atoms with Crippen LogP contribution in [0, 0.1) is 0 Å². The largest absolute Gasteiger partial charge is 0.512 e. The summed E-state index contributed by atoms with van der Waals surface area (Å²) in [4.78, 5) is 0. The van der Waals surface area contributed by atoms with Gasteiger partial charge in [-0.05, 0) is 0 Å². The molecular formula is C6H5F3O. The number of halogens is 3. The van der Waals surface area contributed by atoms with Gasteiger partial charge in [-0.15, -0.1) is 0 Å². The standard InChI is InChI=1S/C6H5F3O/c7-4-1-5(10)3-6(8,9)2-4/h1-2,10H,3H2. The maximum atomic E-state index is 12.2. The summed E-state index contributed by atoms with van der Waals surface area (Å²) in [6.07, 6.45) is 0.0601. The van der Waals surface area contributed by atoms with Crippen molar-refractivity contribution in [1.82, 2.24) is 0 Å². The molecule has 0 atom stereocenters. The average molecular weight is 150 g/mol. The molecule has 0 spiro atoms. The molecule has 0 aromatic rings. The minimum Gasteiger partial charge on any atom is -0.512 e. The van der Waals surface area contributed by atoms with Crippen molar-refractivity contribution in [2.24, 2.45) is 0 Å². The zero-order valence-electron chi connectivity index (χ0n) is 4.94. The molecule has 1 N–H and O–H groups in total. The third-order valence-corrected chi connectivity index (χ3v) is 1.07. The molecule has 4 heteroatoms. The van der Waals surface area contributed by atoms with Gasteiger partial charge in [-0.1, -0.05) is 0 Å². The molecule has 0 heterocycles. The molecule has 0 unspecified atom stereocenters. The minimum absolute atomic E-state index is 0.187. The zero-order valence-corrected chi connectivity index (χ0v) is 4.94. The Morgan fingerprint density at radius 1 is 1.50 bits per heavy atom. The SMILES string of the molecule is OC1=CC(F)=CC(F)(F)C1. The maximum absolute atomic E-state index is 12.2. The van der Waals surface area contributed by atoms with Gasteiger partial charge in [-0.25, -0.2) is 13.2 Å². The van der Waals surface area contributed by atoms with Crippen LogP contribution in [-0.4, -0.2) is 11.0 Å². The Balaban J connectivity index is 2.88. The highest BCUT2D eigenvalue weighted by Crippen LogP contribution is 2.30. The van der Waals surface area contributed by atoms with Crippen molar-refractivity contribution in [2.75, 3.05) is 0 Å². The van der Waals surface area contributed by atoms with Crippen LogP contribution in [0.4, 0.5) is 13.2 Å². The summed E-state index contributed by atoms with van der Waals surface area (Å²) in [5, 5.41) is 8.52. The predicted octanol–water partition coefficient (Wildman–Crippen LogP) is 2.32. The summed E-state index contributed by atoms with van der Waals surface area (Å²) in [6.45, 7) is 0. The highest BCUT2D eigenvalue weighted by molar-refractivity contribution is 5.23. The highest BCUT2D eigenvalue weighted by atomic mass is 19.3. The predicted molar refractivity (Wildman–Crippen MR) is 29.5 cm³/mol. The Kier molecular flexibility index (Phi) is 1.46. The van der Waals surface area contributed by atoms with E-state index in [1.54, 1.807) is 0 Å². The van der Waals surface area contributed by atoms with Gasteiger partial charge in [0.25, 0.3) is 5.92 Å². The van der Waals surface area contributed by atoms with Gasteiger partial charge in [0.15, 0.2) is 0 Å². The molecule has 0 radical (unpaired) electrons. The molecule has 0 aromatic carbocycles. The molecule has 0 bridgehead atoms. The first-order valence-electron chi connectivity index (χ1n) is 2.65. The average Bonchev–Trinajstić information content (AvgIpc) is 1.54. The van der Waals surface area contributed by atoms with Crippen LogP contribution < -0.4 is 0 Å². The summed E-state index contributed by atoms with van der Waals surface area (Å²) < 4.78 is 36.5. The Bertz CT molecular complexity index is 205. The summed E-state index contributed by atoms with van der Waals surface area (Å²) >= 11 is 0. The first-order valence-corrected chi connectivity index (χ1v) is 2.65. The lowest BCUT2D eigenvalue weighted by atomic mass is 10.1. The molecule has 1 aliphatic rings. The van der Waals surface area contributed by atoms with Crippen molar-refractivity contribution < 1.29 is 18.3 Å². The van der Waals surface area contributed by atoms with Gasteiger partial charge in [0.2, 0.25) is 0 Å². The zero-order chi connectivity index (χ0) is 7.78. The quantitative estimate of drug-likeness (QED) is 0.561. The van der Waals surface area contributed by atoms with Crippen LogP contribution in [0.2, 0.25) is 0 Å². The van der Waals surface area contributed by atoms with E-state index in [9.17, 15) is 13.2 Å². The van der Waals surface area contributed by atoms with E-state index in [4.69, 9.17) is 5.11 Å². The molecule has 1 nitrogen and oxygen atoms in total. The van der Waals surface area contributed by atoms with Crippen LogP contribution in [0.15, 0.2) is 23.7 Å². The van der Waals surface area contributed by atoms with E-state index in [-0.39, 0.29) is 6.08 Å². The lowest BCUT2D eigenvalue weighted by Crippen LogP contribution is -2.16. The molecule has 0 amide bonds. The molecule has 0 aromatic heterocycles. The number of allylic oxidation sites excluding steroid dienone is 4. The fourth-order valence-corrected chi connectivity index (χ4v) is 0.746. The van der Waals surface area contributed by atoms with Crippen molar-refractivity contribution in [1.29, 1.82) is 0 Å². The summed E-state index contributed by atoms with van der Waals surface area (Å²) in [5.41, 5.74) is 0. The lowest BCUT2D eigenvalue weighted by Gasteiger charge is -2.14. The van der Waals surface area contributed by atoms with Crippen molar-refractivity contribution >= 4 is 0 Å². The van der Waals surface area contributed by atoms with Crippen LogP contribution in [-0.2, 0) is 0 Å². The summed E-state index contributed by atoms with van der Waals surface area (Å²) in [7, 11) is 0. The molecular weight excluding hydrogens is 145 g/mol. The number of rotatable bonds is 0. The monoisotopic (exact) mass is 150 g/mol. The van der Waals surface area contributed by atoms with E-state index >= 15 is 0 Å². The minimum atomic E-state index is -3.23. The first-order chi connectivity index (χ1) is 4.49. The maximum Gasteiger partial charge on any atom is 0.276 e. The normalized spacial score (nSPS) is 23.5. The molecule has 0 saturated heterocycles. The molecule has 56 valence electrons. The van der Waals surface area contributed by atoms with Crippen LogP contribution in [0.3, 0.4) is 0 Å². The Morgan fingerprint density at radius 3 is 2.50 bits per heavy atom. The van der Waals surface area contributed by atoms with Crippen LogP contribution in [0.25, 0.3) is 0 Å². The smallest absolute Gasteiger partial charge is 0.276 e. The number of hydrogen-bond donors (Lipinski definition) is 1. The fourth-order valence-electron chi connectivity index (χ4n) is 0.746. The van der Waals surface area contributed by atoms with E-state index in [2.05, 4.69) is 0 Å². The number of hydrogen-bond acceptors (Lipinski definition) is 1. The topological polar surface area (TPSA) is 20.2 Å². The Hall–Kier alpha value is -0.930. The van der Waals surface area contributed by atoms with Crippen LogP contribution in [0.5, 0.6) is 0 Å². The number of aliphatic hydroxyl groups excluding tert-OH is 1. The van der Waals surface area contributed by atoms with Gasteiger partial charge >= 0.3 is 0 Å². The van der Waals surface area contributed by atoms with Gasteiger partial charge < -0.3 is 5.11 Å². The Morgan fingerprint density at radius 2 is 2.10 bits per heavy atom. The Labute approximate surface area is 55.5 Å². The first kappa shape index (κ1) is 7.18. The van der Waals surface area contributed by atoms with Crippen molar-refractivity contribution in [3.63, 3.8) is 0 Å². The fraction of sp³-hybridized carbons (Fsp3) is 0.333. The van der Waals surface area contributed by atoms with Gasteiger partial charge in [-0.2, -0.15) is 0 Å². The second-order valence-electron chi connectivity index (χ2n) is 2.10. The van der Waals surface area contributed by atoms with E-state index < -0.39 is 23.9 Å². The van der Waals surface area contributed by atoms with Gasteiger partial charge in [0, 0.05) is 12.2 Å². The highest BCUT2D eigenvalue weighted by Gasteiger charge is 2.31. The van der Waals surface area contributed by atoms with Gasteiger partial charge in [0.1, 0.15) is 11.6 Å². The van der Waals surface area contributed by atoms with E-state index in [1.807, 2.05) is 0 Å². The van der Waals surface area contributed by atoms with E-state index in [0.717, 1.165) is 0 Å². The van der Waals surface area contributed by atoms with Gasteiger partial charge in [-0.3, -0.25) is 0 Å². The second-order valence-corrected chi connectivity index (χ2v) is 2.10. The second kappa shape index (κ2) is 2.04. The molecule has 1 rings (SSSR count). The van der Waals surface area contributed by atoms with E-state index in [1.165, 1.54) is 0 Å². The molecule has 10 heavy (non-hydrogen) atoms. The third-order valence-electron chi connectivity index (χ3n) is 1.07. The van der Waals surface area contributed by atoms with Crippen molar-refractivity contribution in [2.45, 2.75) is 12.3 Å². The summed E-state index contributed by atoms with van der Waals surface area (Å²) in [6, 6.07) is 0. The molecule has 0 saturated carbocycles.